The molecule has 0 radical (unpaired) electrons. The van der Waals surface area contributed by atoms with Crippen LogP contribution in [0.4, 0.5) is 0 Å². The van der Waals surface area contributed by atoms with Gasteiger partial charge in [0, 0.05) is 36.6 Å². The zero-order chi connectivity index (χ0) is 18.0. The van der Waals surface area contributed by atoms with Gasteiger partial charge in [0.25, 0.3) is 5.91 Å². The molecule has 2 heterocycles. The lowest BCUT2D eigenvalue weighted by Gasteiger charge is -2.35. The van der Waals surface area contributed by atoms with Crippen LogP contribution in [0.5, 0.6) is 0 Å². The summed E-state index contributed by atoms with van der Waals surface area (Å²) in [6.45, 7) is 5.17. The molecule has 0 spiro atoms. The van der Waals surface area contributed by atoms with Crippen LogP contribution < -0.4 is 0 Å². The Kier molecular flexibility index (Phi) is 4.61. The number of carboxylic acid groups (broad SMARTS) is 1. The van der Waals surface area contributed by atoms with E-state index in [0.29, 0.717) is 18.7 Å². The van der Waals surface area contributed by atoms with Crippen molar-refractivity contribution >= 4 is 11.9 Å². The Morgan fingerprint density at radius 2 is 2.16 bits per heavy atom. The molecule has 0 aliphatic carbocycles. The first-order chi connectivity index (χ1) is 11.9. The second-order valence-electron chi connectivity index (χ2n) is 7.13. The van der Waals surface area contributed by atoms with E-state index in [1.807, 2.05) is 53.8 Å². The van der Waals surface area contributed by atoms with E-state index in [1.165, 1.54) is 0 Å². The molecule has 0 bridgehead atoms. The average molecular weight is 341 g/mol. The molecule has 1 aliphatic rings. The standard InChI is InChI=1S/C19H23N3O3/c1-19(2)16(11-17(23)24)6-8-22(19)18(25)15-5-3-4-14(10-15)12-21-9-7-20-13-21/h3-5,7,9-10,13,16H,6,8,11-12H2,1-2H3,(H,23,24). The van der Waals surface area contributed by atoms with Gasteiger partial charge < -0.3 is 14.6 Å². The normalized spacial score (nSPS) is 19.1. The summed E-state index contributed by atoms with van der Waals surface area (Å²) in [6.07, 6.45) is 6.17. The molecule has 25 heavy (non-hydrogen) atoms. The highest BCUT2D eigenvalue weighted by Crippen LogP contribution is 2.37. The molecule has 1 N–H and O–H groups in total. The lowest BCUT2D eigenvalue weighted by Crippen LogP contribution is -2.46. The number of nitrogens with zero attached hydrogens (tertiary/aromatic N) is 3. The summed E-state index contributed by atoms with van der Waals surface area (Å²) in [6, 6.07) is 7.60. The summed E-state index contributed by atoms with van der Waals surface area (Å²) in [7, 11) is 0. The van der Waals surface area contributed by atoms with Gasteiger partial charge >= 0.3 is 5.97 Å². The minimum absolute atomic E-state index is 0.0249. The lowest BCUT2D eigenvalue weighted by molar-refractivity contribution is -0.138. The van der Waals surface area contributed by atoms with Gasteiger partial charge in [0.2, 0.25) is 0 Å². The minimum atomic E-state index is -0.810. The number of imidazole rings is 1. The first kappa shape index (κ1) is 17.2. The molecule has 0 saturated carbocycles. The third-order valence-corrected chi connectivity index (χ3v) is 5.16. The van der Waals surface area contributed by atoms with Crippen molar-refractivity contribution in [2.45, 2.75) is 38.8 Å². The van der Waals surface area contributed by atoms with Crippen LogP contribution in [0.1, 0.15) is 42.6 Å². The molecule has 1 unspecified atom stereocenters. The summed E-state index contributed by atoms with van der Waals surface area (Å²) in [4.78, 5) is 29.9. The van der Waals surface area contributed by atoms with Gasteiger partial charge in [-0.2, -0.15) is 0 Å². The molecule has 1 amide bonds. The second-order valence-corrected chi connectivity index (χ2v) is 7.13. The monoisotopic (exact) mass is 341 g/mol. The highest BCUT2D eigenvalue weighted by molar-refractivity contribution is 5.95. The number of rotatable bonds is 5. The van der Waals surface area contributed by atoms with Crippen molar-refractivity contribution in [2.24, 2.45) is 5.92 Å². The van der Waals surface area contributed by atoms with Gasteiger partial charge in [0.1, 0.15) is 0 Å². The van der Waals surface area contributed by atoms with Crippen molar-refractivity contribution in [3.05, 3.63) is 54.1 Å². The van der Waals surface area contributed by atoms with Gasteiger partial charge in [0.15, 0.2) is 0 Å². The van der Waals surface area contributed by atoms with Crippen LogP contribution in [-0.4, -0.2) is 43.5 Å². The number of benzene rings is 1. The van der Waals surface area contributed by atoms with E-state index in [9.17, 15) is 9.59 Å². The van der Waals surface area contributed by atoms with Crippen LogP contribution in [0.25, 0.3) is 0 Å². The number of carboxylic acids is 1. The number of aromatic nitrogens is 2. The molecular formula is C19H23N3O3. The van der Waals surface area contributed by atoms with Gasteiger partial charge in [-0.25, -0.2) is 4.98 Å². The second kappa shape index (κ2) is 6.70. The molecule has 132 valence electrons. The van der Waals surface area contributed by atoms with E-state index in [1.54, 1.807) is 12.5 Å². The fourth-order valence-electron chi connectivity index (χ4n) is 3.62. The molecule has 6 nitrogen and oxygen atoms in total. The largest absolute Gasteiger partial charge is 0.481 e. The highest BCUT2D eigenvalue weighted by Gasteiger charge is 2.44. The van der Waals surface area contributed by atoms with Crippen LogP contribution in [-0.2, 0) is 11.3 Å². The van der Waals surface area contributed by atoms with E-state index in [0.717, 1.165) is 12.0 Å². The Morgan fingerprint density at radius 3 is 2.84 bits per heavy atom. The Labute approximate surface area is 147 Å². The highest BCUT2D eigenvalue weighted by atomic mass is 16.4. The first-order valence-corrected chi connectivity index (χ1v) is 8.46. The van der Waals surface area contributed by atoms with Crippen LogP contribution >= 0.6 is 0 Å². The quantitative estimate of drug-likeness (QED) is 0.907. The molecule has 1 saturated heterocycles. The third-order valence-electron chi connectivity index (χ3n) is 5.16. The number of carbonyl (C=O) groups excluding carboxylic acids is 1. The van der Waals surface area contributed by atoms with Crippen LogP contribution in [0.15, 0.2) is 43.0 Å². The van der Waals surface area contributed by atoms with Crippen LogP contribution in [0.3, 0.4) is 0 Å². The molecular weight excluding hydrogens is 318 g/mol. The summed E-state index contributed by atoms with van der Waals surface area (Å²) in [5, 5.41) is 9.10. The van der Waals surface area contributed by atoms with Crippen molar-refractivity contribution < 1.29 is 14.7 Å². The molecule has 2 aromatic rings. The van der Waals surface area contributed by atoms with E-state index in [2.05, 4.69) is 4.98 Å². The number of carbonyl (C=O) groups is 2. The number of aliphatic carboxylic acids is 1. The SMILES string of the molecule is CC1(C)C(CC(=O)O)CCN1C(=O)c1cccc(Cn2ccnc2)c1. The number of likely N-dealkylation sites (tertiary alicyclic amines) is 1. The van der Waals surface area contributed by atoms with Crippen molar-refractivity contribution in [2.75, 3.05) is 6.54 Å². The Hall–Kier alpha value is -2.63. The fourth-order valence-corrected chi connectivity index (χ4v) is 3.62. The summed E-state index contributed by atoms with van der Waals surface area (Å²) < 4.78 is 1.95. The maximum Gasteiger partial charge on any atom is 0.303 e. The van der Waals surface area contributed by atoms with Gasteiger partial charge in [-0.15, -0.1) is 0 Å². The minimum Gasteiger partial charge on any atom is -0.481 e. The van der Waals surface area contributed by atoms with Crippen molar-refractivity contribution in [1.29, 1.82) is 0 Å². The molecule has 1 aliphatic heterocycles. The van der Waals surface area contributed by atoms with Crippen molar-refractivity contribution in [1.82, 2.24) is 14.5 Å². The van der Waals surface area contributed by atoms with Crippen molar-refractivity contribution in [3.8, 4) is 0 Å². The van der Waals surface area contributed by atoms with Crippen molar-refractivity contribution in [3.63, 3.8) is 0 Å². The molecule has 1 aromatic heterocycles. The Bertz CT molecular complexity index is 768. The number of hydrogen-bond acceptors (Lipinski definition) is 3. The zero-order valence-electron chi connectivity index (χ0n) is 14.6. The number of hydrogen-bond donors (Lipinski definition) is 1. The Balaban J connectivity index is 1.78. The van der Waals surface area contributed by atoms with Crippen LogP contribution in [0.2, 0.25) is 0 Å². The predicted molar refractivity (Wildman–Crippen MR) is 93.2 cm³/mol. The molecule has 6 heteroatoms. The number of amides is 1. The van der Waals surface area contributed by atoms with Gasteiger partial charge in [-0.05, 0) is 43.9 Å². The first-order valence-electron chi connectivity index (χ1n) is 8.46. The summed E-state index contributed by atoms with van der Waals surface area (Å²) in [5.74, 6) is -0.872. The topological polar surface area (TPSA) is 75.4 Å². The predicted octanol–water partition coefficient (Wildman–Crippen LogP) is 2.65. The van der Waals surface area contributed by atoms with E-state index < -0.39 is 11.5 Å². The molecule has 1 fully saturated rings. The van der Waals surface area contributed by atoms with E-state index in [-0.39, 0.29) is 18.2 Å². The fraction of sp³-hybridized carbons (Fsp3) is 0.421. The molecule has 1 aromatic carbocycles. The van der Waals surface area contributed by atoms with Crippen LogP contribution in [0, 0.1) is 5.92 Å². The zero-order valence-corrected chi connectivity index (χ0v) is 14.6. The van der Waals surface area contributed by atoms with E-state index >= 15 is 0 Å². The maximum atomic E-state index is 13.0. The maximum absolute atomic E-state index is 13.0. The Morgan fingerprint density at radius 1 is 1.36 bits per heavy atom. The molecule has 3 rings (SSSR count). The van der Waals surface area contributed by atoms with Gasteiger partial charge in [-0.3, -0.25) is 9.59 Å². The van der Waals surface area contributed by atoms with Gasteiger partial charge in [-0.1, -0.05) is 12.1 Å². The summed E-state index contributed by atoms with van der Waals surface area (Å²) >= 11 is 0. The lowest BCUT2D eigenvalue weighted by atomic mass is 9.85. The molecule has 1 atom stereocenters. The smallest absolute Gasteiger partial charge is 0.303 e. The third kappa shape index (κ3) is 3.57. The summed E-state index contributed by atoms with van der Waals surface area (Å²) in [5.41, 5.74) is 1.21. The average Bonchev–Trinajstić information content (AvgIpc) is 3.15. The van der Waals surface area contributed by atoms with E-state index in [4.69, 9.17) is 5.11 Å². The van der Waals surface area contributed by atoms with Gasteiger partial charge in [0.05, 0.1) is 12.7 Å².